The molecule has 2 rings (SSSR count). The Morgan fingerprint density at radius 1 is 1.20 bits per heavy atom. The Kier molecular flexibility index (Phi) is 3.69. The topological polar surface area (TPSA) is 39.2 Å². The van der Waals surface area contributed by atoms with Gasteiger partial charge < -0.3 is 4.74 Å². The Hall–Kier alpha value is -2.44. The molecule has 0 bridgehead atoms. The summed E-state index contributed by atoms with van der Waals surface area (Å²) < 4.78 is 53.4. The summed E-state index contributed by atoms with van der Waals surface area (Å²) in [6.45, 7) is 0. The molecular weight excluding hydrogens is 278 g/mol. The lowest BCUT2D eigenvalue weighted by atomic mass is 10.0. The summed E-state index contributed by atoms with van der Waals surface area (Å²) in [5.41, 5.74) is -0.388. The summed E-state index contributed by atoms with van der Waals surface area (Å²) >= 11 is 0. The van der Waals surface area contributed by atoms with Gasteiger partial charge in [0, 0.05) is 11.8 Å². The minimum absolute atomic E-state index is 0.114. The first-order valence-corrected chi connectivity index (χ1v) is 5.37. The Balaban J connectivity index is 2.32. The number of aromatic nitrogens is 1. The molecule has 1 aromatic carbocycles. The number of pyridine rings is 1. The van der Waals surface area contributed by atoms with E-state index in [4.69, 9.17) is 0 Å². The van der Waals surface area contributed by atoms with Crippen molar-refractivity contribution in [2.24, 2.45) is 0 Å². The molecule has 0 aliphatic heterocycles. The largest absolute Gasteiger partial charge is 0.573 e. The van der Waals surface area contributed by atoms with E-state index < -0.39 is 23.7 Å². The van der Waals surface area contributed by atoms with Gasteiger partial charge in [-0.25, -0.2) is 4.39 Å². The fourth-order valence-corrected chi connectivity index (χ4v) is 1.55. The summed E-state index contributed by atoms with van der Waals surface area (Å²) in [5.74, 6) is -2.14. The van der Waals surface area contributed by atoms with Gasteiger partial charge in [0.2, 0.25) is 0 Å². The predicted molar refractivity (Wildman–Crippen MR) is 60.8 cm³/mol. The van der Waals surface area contributed by atoms with Gasteiger partial charge in [-0.3, -0.25) is 9.78 Å². The molecule has 1 aromatic heterocycles. The van der Waals surface area contributed by atoms with Crippen molar-refractivity contribution in [1.29, 1.82) is 0 Å². The van der Waals surface area contributed by atoms with E-state index in [1.807, 2.05) is 0 Å². The number of ketones is 1. The molecular formula is C13H7F4NO2. The fraction of sp³-hybridized carbons (Fsp3) is 0.0769. The summed E-state index contributed by atoms with van der Waals surface area (Å²) in [4.78, 5) is 15.5. The highest BCUT2D eigenvalue weighted by molar-refractivity contribution is 6.09. The number of nitrogens with zero attached hydrogens (tertiary/aromatic N) is 1. The molecule has 0 amide bonds. The van der Waals surface area contributed by atoms with Crippen LogP contribution >= 0.6 is 0 Å². The third kappa shape index (κ3) is 3.31. The average molecular weight is 285 g/mol. The third-order valence-corrected chi connectivity index (χ3v) is 2.35. The molecule has 0 unspecified atom stereocenters. The molecule has 0 fully saturated rings. The molecule has 0 aliphatic carbocycles. The van der Waals surface area contributed by atoms with Crippen LogP contribution < -0.4 is 4.74 Å². The Bertz CT molecular complexity index is 640. The van der Waals surface area contributed by atoms with Crippen LogP contribution in [0.15, 0.2) is 42.7 Å². The van der Waals surface area contributed by atoms with Gasteiger partial charge in [-0.1, -0.05) is 12.1 Å². The van der Waals surface area contributed by atoms with Crippen molar-refractivity contribution in [1.82, 2.24) is 4.98 Å². The monoisotopic (exact) mass is 285 g/mol. The number of carbonyl (C=O) groups excluding carboxylic acids is 1. The number of hydrogen-bond donors (Lipinski definition) is 0. The smallest absolute Gasteiger partial charge is 0.406 e. The highest BCUT2D eigenvalue weighted by Gasteiger charge is 2.31. The normalized spacial score (nSPS) is 11.2. The standard InChI is InChI=1S/C13H7F4NO2/c14-11-7-18-5-4-10(11)12(19)8-2-1-3-9(6-8)20-13(15,16)17/h1-7H. The zero-order valence-electron chi connectivity index (χ0n) is 9.82. The molecule has 104 valence electrons. The maximum Gasteiger partial charge on any atom is 0.573 e. The van der Waals surface area contributed by atoms with Gasteiger partial charge in [0.25, 0.3) is 0 Å². The van der Waals surface area contributed by atoms with Gasteiger partial charge >= 0.3 is 6.36 Å². The van der Waals surface area contributed by atoms with Gasteiger partial charge in [0.1, 0.15) is 5.75 Å². The highest BCUT2D eigenvalue weighted by atomic mass is 19.4. The second-order valence-corrected chi connectivity index (χ2v) is 3.76. The molecule has 2 aromatic rings. The SMILES string of the molecule is O=C(c1cccc(OC(F)(F)F)c1)c1ccncc1F. The number of alkyl halides is 3. The van der Waals surface area contributed by atoms with Crippen LogP contribution in [0.2, 0.25) is 0 Å². The summed E-state index contributed by atoms with van der Waals surface area (Å²) in [5, 5.41) is 0. The maximum atomic E-state index is 13.4. The van der Waals surface area contributed by atoms with Gasteiger partial charge in [-0.2, -0.15) is 0 Å². The van der Waals surface area contributed by atoms with E-state index in [9.17, 15) is 22.4 Å². The van der Waals surface area contributed by atoms with Gasteiger partial charge in [-0.05, 0) is 18.2 Å². The third-order valence-electron chi connectivity index (χ3n) is 2.35. The first-order valence-electron chi connectivity index (χ1n) is 5.37. The van der Waals surface area contributed by atoms with Crippen molar-refractivity contribution in [3.63, 3.8) is 0 Å². The van der Waals surface area contributed by atoms with E-state index in [1.54, 1.807) is 0 Å². The molecule has 1 heterocycles. The summed E-state index contributed by atoms with van der Waals surface area (Å²) in [6, 6.07) is 5.58. The number of rotatable bonds is 3. The van der Waals surface area contributed by atoms with Gasteiger partial charge in [0.05, 0.1) is 11.8 Å². The van der Waals surface area contributed by atoms with E-state index in [1.165, 1.54) is 18.3 Å². The van der Waals surface area contributed by atoms with Crippen LogP contribution in [0.3, 0.4) is 0 Å². The molecule has 0 radical (unpaired) electrons. The van der Waals surface area contributed by atoms with Crippen LogP contribution in [0.25, 0.3) is 0 Å². The maximum absolute atomic E-state index is 13.4. The van der Waals surface area contributed by atoms with Gasteiger partial charge in [-0.15, -0.1) is 13.2 Å². The van der Waals surface area contributed by atoms with Crippen LogP contribution in [0, 0.1) is 5.82 Å². The van der Waals surface area contributed by atoms with E-state index in [0.29, 0.717) is 0 Å². The highest BCUT2D eigenvalue weighted by Crippen LogP contribution is 2.24. The van der Waals surface area contributed by atoms with Gasteiger partial charge in [0.15, 0.2) is 11.6 Å². The van der Waals surface area contributed by atoms with Crippen molar-refractivity contribution >= 4 is 5.78 Å². The predicted octanol–water partition coefficient (Wildman–Crippen LogP) is 3.35. The second kappa shape index (κ2) is 5.28. The van der Waals surface area contributed by atoms with Crippen molar-refractivity contribution in [3.05, 3.63) is 59.7 Å². The molecule has 3 nitrogen and oxygen atoms in total. The first kappa shape index (κ1) is 14.0. The van der Waals surface area contributed by atoms with E-state index in [0.717, 1.165) is 24.4 Å². The molecule has 20 heavy (non-hydrogen) atoms. The summed E-state index contributed by atoms with van der Waals surface area (Å²) in [7, 11) is 0. The Morgan fingerprint density at radius 2 is 1.95 bits per heavy atom. The van der Waals surface area contributed by atoms with Crippen LogP contribution in [0.4, 0.5) is 17.6 Å². The van der Waals surface area contributed by atoms with Crippen molar-refractivity contribution in [3.8, 4) is 5.75 Å². The molecule has 0 aliphatic rings. The second-order valence-electron chi connectivity index (χ2n) is 3.76. The number of ether oxygens (including phenoxy) is 1. The van der Waals surface area contributed by atoms with E-state index >= 15 is 0 Å². The lowest BCUT2D eigenvalue weighted by molar-refractivity contribution is -0.274. The number of hydrogen-bond acceptors (Lipinski definition) is 3. The van der Waals surface area contributed by atoms with Crippen LogP contribution in [-0.4, -0.2) is 17.1 Å². The zero-order chi connectivity index (χ0) is 14.8. The lowest BCUT2D eigenvalue weighted by Gasteiger charge is -2.09. The minimum atomic E-state index is -4.86. The number of carbonyl (C=O) groups is 1. The Morgan fingerprint density at radius 3 is 2.60 bits per heavy atom. The van der Waals surface area contributed by atoms with Crippen LogP contribution in [0.1, 0.15) is 15.9 Å². The minimum Gasteiger partial charge on any atom is -0.406 e. The molecule has 0 N–H and O–H groups in total. The number of benzene rings is 1. The molecule has 7 heteroatoms. The van der Waals surface area contributed by atoms with Crippen molar-refractivity contribution < 1.29 is 27.1 Å². The molecule has 0 atom stereocenters. The van der Waals surface area contributed by atoms with E-state index in [2.05, 4.69) is 9.72 Å². The molecule has 0 saturated heterocycles. The number of halogens is 4. The lowest BCUT2D eigenvalue weighted by Crippen LogP contribution is -2.17. The van der Waals surface area contributed by atoms with Crippen molar-refractivity contribution in [2.75, 3.05) is 0 Å². The zero-order valence-corrected chi connectivity index (χ0v) is 9.82. The average Bonchev–Trinajstić information content (AvgIpc) is 2.37. The fourth-order valence-electron chi connectivity index (χ4n) is 1.55. The quantitative estimate of drug-likeness (QED) is 0.641. The summed E-state index contributed by atoms with van der Waals surface area (Å²) in [6.07, 6.45) is -2.79. The Labute approximate surface area is 110 Å². The molecule has 0 saturated carbocycles. The van der Waals surface area contributed by atoms with E-state index in [-0.39, 0.29) is 11.1 Å². The van der Waals surface area contributed by atoms with Crippen molar-refractivity contribution in [2.45, 2.75) is 6.36 Å². The first-order chi connectivity index (χ1) is 9.37. The van der Waals surface area contributed by atoms with Crippen LogP contribution in [0.5, 0.6) is 5.75 Å². The van der Waals surface area contributed by atoms with Crippen LogP contribution in [-0.2, 0) is 0 Å². The molecule has 0 spiro atoms.